The SMILES string of the molecule is COc1nc2c(c(C)nn2-c2ccccc2)c(C)c1CCC(=O)Nc1ccc(F)c(F)c1. The summed E-state index contributed by atoms with van der Waals surface area (Å²) in [5.41, 5.74) is 4.33. The molecule has 2 aromatic heterocycles. The Bertz CT molecular complexity index is 1300. The lowest BCUT2D eigenvalue weighted by molar-refractivity contribution is -0.116. The maximum atomic E-state index is 13.4. The number of aryl methyl sites for hydroxylation is 2. The fraction of sp³-hybridized carbons (Fsp3) is 0.208. The number of nitrogens with one attached hydrogen (secondary N) is 1. The number of hydrogen-bond acceptors (Lipinski definition) is 4. The molecule has 0 spiro atoms. The van der Waals surface area contributed by atoms with Gasteiger partial charge in [-0.15, -0.1) is 0 Å². The molecule has 0 aliphatic heterocycles. The zero-order valence-electron chi connectivity index (χ0n) is 17.9. The molecule has 0 unspecified atom stereocenters. The summed E-state index contributed by atoms with van der Waals surface area (Å²) in [6, 6.07) is 12.9. The van der Waals surface area contributed by atoms with Crippen molar-refractivity contribution in [3.05, 3.63) is 77.0 Å². The van der Waals surface area contributed by atoms with Gasteiger partial charge < -0.3 is 10.1 Å². The average Bonchev–Trinajstić information content (AvgIpc) is 3.12. The van der Waals surface area contributed by atoms with Crippen molar-refractivity contribution >= 4 is 22.6 Å². The Labute approximate surface area is 183 Å². The van der Waals surface area contributed by atoms with Crippen LogP contribution in [0, 0.1) is 25.5 Å². The number of methoxy groups -OCH3 is 1. The molecule has 0 bridgehead atoms. The molecule has 2 heterocycles. The standard InChI is InChI=1S/C24H22F2N4O2/c1-14-18(10-12-21(31)27-16-9-11-19(25)20(26)13-16)24(32-3)28-23-22(14)15(2)29-30(23)17-7-5-4-6-8-17/h4-9,11,13H,10,12H2,1-3H3,(H,27,31). The predicted octanol–water partition coefficient (Wildman–Crippen LogP) is 4.90. The molecule has 0 saturated carbocycles. The molecular formula is C24H22F2N4O2. The van der Waals surface area contributed by atoms with Gasteiger partial charge in [0.05, 0.1) is 18.5 Å². The van der Waals surface area contributed by atoms with Gasteiger partial charge in [-0.3, -0.25) is 4.79 Å². The van der Waals surface area contributed by atoms with Crippen LogP contribution in [0.3, 0.4) is 0 Å². The molecule has 4 rings (SSSR count). The lowest BCUT2D eigenvalue weighted by Crippen LogP contribution is -2.13. The smallest absolute Gasteiger partial charge is 0.224 e. The molecule has 4 aromatic rings. The second kappa shape index (κ2) is 8.74. The van der Waals surface area contributed by atoms with Crippen LogP contribution in [-0.2, 0) is 11.2 Å². The second-order valence-corrected chi connectivity index (χ2v) is 7.43. The van der Waals surface area contributed by atoms with Crippen molar-refractivity contribution in [2.45, 2.75) is 26.7 Å². The number of carbonyl (C=O) groups excluding carboxylic acids is 1. The van der Waals surface area contributed by atoms with Gasteiger partial charge in [0.15, 0.2) is 17.3 Å². The molecule has 0 atom stereocenters. The van der Waals surface area contributed by atoms with E-state index in [-0.39, 0.29) is 18.0 Å². The normalized spacial score (nSPS) is 11.0. The largest absolute Gasteiger partial charge is 0.481 e. The van der Waals surface area contributed by atoms with E-state index in [4.69, 9.17) is 9.72 Å². The highest BCUT2D eigenvalue weighted by atomic mass is 19.2. The number of fused-ring (bicyclic) bond motifs is 1. The van der Waals surface area contributed by atoms with Crippen LogP contribution in [-0.4, -0.2) is 27.8 Å². The Kier molecular flexibility index (Phi) is 5.85. The Hall–Kier alpha value is -3.81. The molecule has 8 heteroatoms. The van der Waals surface area contributed by atoms with Crippen LogP contribution in [0.25, 0.3) is 16.7 Å². The molecule has 1 amide bonds. The van der Waals surface area contributed by atoms with Gasteiger partial charge in [0.1, 0.15) is 0 Å². The lowest BCUT2D eigenvalue weighted by atomic mass is 10.0. The summed E-state index contributed by atoms with van der Waals surface area (Å²) in [4.78, 5) is 17.1. The first kappa shape index (κ1) is 21.4. The average molecular weight is 436 g/mol. The van der Waals surface area contributed by atoms with Gasteiger partial charge in [-0.2, -0.15) is 10.1 Å². The molecule has 6 nitrogen and oxygen atoms in total. The topological polar surface area (TPSA) is 69.0 Å². The maximum absolute atomic E-state index is 13.4. The summed E-state index contributed by atoms with van der Waals surface area (Å²) in [5.74, 6) is -1.88. The zero-order chi connectivity index (χ0) is 22.8. The second-order valence-electron chi connectivity index (χ2n) is 7.43. The number of halogens is 2. The van der Waals surface area contributed by atoms with Crippen molar-refractivity contribution in [3.8, 4) is 11.6 Å². The van der Waals surface area contributed by atoms with Gasteiger partial charge in [0.2, 0.25) is 11.8 Å². The van der Waals surface area contributed by atoms with E-state index in [1.807, 2.05) is 44.2 Å². The van der Waals surface area contributed by atoms with Crippen LogP contribution in [0.2, 0.25) is 0 Å². The number of hydrogen-bond donors (Lipinski definition) is 1. The van der Waals surface area contributed by atoms with E-state index in [9.17, 15) is 13.6 Å². The molecule has 0 radical (unpaired) electrons. The highest BCUT2D eigenvalue weighted by Gasteiger charge is 2.20. The first-order chi connectivity index (χ1) is 15.4. The number of amides is 1. The minimum absolute atomic E-state index is 0.120. The Balaban J connectivity index is 1.62. The van der Waals surface area contributed by atoms with E-state index in [1.54, 1.807) is 4.68 Å². The van der Waals surface area contributed by atoms with Crippen molar-refractivity contribution in [3.63, 3.8) is 0 Å². The molecule has 32 heavy (non-hydrogen) atoms. The van der Waals surface area contributed by atoms with Gasteiger partial charge in [0, 0.05) is 29.1 Å². The van der Waals surface area contributed by atoms with Crippen molar-refractivity contribution in [1.29, 1.82) is 0 Å². The van der Waals surface area contributed by atoms with Gasteiger partial charge in [0.25, 0.3) is 0 Å². The van der Waals surface area contributed by atoms with E-state index in [2.05, 4.69) is 10.4 Å². The van der Waals surface area contributed by atoms with E-state index < -0.39 is 11.6 Å². The minimum Gasteiger partial charge on any atom is -0.481 e. The van der Waals surface area contributed by atoms with Gasteiger partial charge in [-0.05, 0) is 50.1 Å². The molecule has 0 aliphatic rings. The first-order valence-electron chi connectivity index (χ1n) is 10.1. The third kappa shape index (κ3) is 4.03. The number of benzene rings is 2. The summed E-state index contributed by atoms with van der Waals surface area (Å²) in [6.45, 7) is 3.88. The van der Waals surface area contributed by atoms with Gasteiger partial charge in [-0.1, -0.05) is 18.2 Å². The van der Waals surface area contributed by atoms with Crippen LogP contribution >= 0.6 is 0 Å². The molecule has 2 aromatic carbocycles. The van der Waals surface area contributed by atoms with Crippen LogP contribution in [0.5, 0.6) is 5.88 Å². The first-order valence-corrected chi connectivity index (χ1v) is 10.1. The number of rotatable bonds is 6. The summed E-state index contributed by atoms with van der Waals surface area (Å²) in [5, 5.41) is 8.15. The van der Waals surface area contributed by atoms with Crippen molar-refractivity contribution in [2.75, 3.05) is 12.4 Å². The number of aromatic nitrogens is 3. The summed E-state index contributed by atoms with van der Waals surface area (Å²) >= 11 is 0. The highest BCUT2D eigenvalue weighted by molar-refractivity contribution is 5.91. The fourth-order valence-corrected chi connectivity index (χ4v) is 3.78. The van der Waals surface area contributed by atoms with Crippen molar-refractivity contribution < 1.29 is 18.3 Å². The minimum atomic E-state index is -1.01. The lowest BCUT2D eigenvalue weighted by Gasteiger charge is -2.13. The van der Waals surface area contributed by atoms with Crippen LogP contribution in [0.1, 0.15) is 23.2 Å². The maximum Gasteiger partial charge on any atom is 0.224 e. The van der Waals surface area contributed by atoms with E-state index in [1.165, 1.54) is 13.2 Å². The Morgan fingerprint density at radius 3 is 2.53 bits per heavy atom. The molecular weight excluding hydrogens is 414 g/mol. The highest BCUT2D eigenvalue weighted by Crippen LogP contribution is 2.32. The number of anilines is 1. The third-order valence-electron chi connectivity index (χ3n) is 5.33. The Morgan fingerprint density at radius 1 is 1.09 bits per heavy atom. The zero-order valence-corrected chi connectivity index (χ0v) is 17.9. The van der Waals surface area contributed by atoms with Crippen LogP contribution in [0.15, 0.2) is 48.5 Å². The number of ether oxygens (including phenoxy) is 1. The predicted molar refractivity (Wildman–Crippen MR) is 118 cm³/mol. The van der Waals surface area contributed by atoms with Gasteiger partial charge >= 0.3 is 0 Å². The van der Waals surface area contributed by atoms with E-state index in [0.717, 1.165) is 40.0 Å². The number of nitrogens with zero attached hydrogens (tertiary/aromatic N) is 3. The molecule has 1 N–H and O–H groups in total. The van der Waals surface area contributed by atoms with Crippen LogP contribution < -0.4 is 10.1 Å². The third-order valence-corrected chi connectivity index (χ3v) is 5.33. The summed E-state index contributed by atoms with van der Waals surface area (Å²) in [6.07, 6.45) is 0.485. The van der Waals surface area contributed by atoms with Crippen molar-refractivity contribution in [2.24, 2.45) is 0 Å². The number of pyridine rings is 1. The van der Waals surface area contributed by atoms with Crippen molar-refractivity contribution in [1.82, 2.24) is 14.8 Å². The molecule has 164 valence electrons. The fourth-order valence-electron chi connectivity index (χ4n) is 3.78. The van der Waals surface area contributed by atoms with Crippen LogP contribution in [0.4, 0.5) is 14.5 Å². The quantitative estimate of drug-likeness (QED) is 0.467. The van der Waals surface area contributed by atoms with Gasteiger partial charge in [-0.25, -0.2) is 13.5 Å². The molecule has 0 saturated heterocycles. The number of para-hydroxylation sites is 1. The van der Waals surface area contributed by atoms with E-state index >= 15 is 0 Å². The summed E-state index contributed by atoms with van der Waals surface area (Å²) in [7, 11) is 1.54. The monoisotopic (exact) mass is 436 g/mol. The Morgan fingerprint density at radius 2 is 1.84 bits per heavy atom. The number of carbonyl (C=O) groups is 1. The summed E-state index contributed by atoms with van der Waals surface area (Å²) < 4.78 is 33.8. The van der Waals surface area contributed by atoms with E-state index in [0.29, 0.717) is 17.9 Å². The molecule has 0 fully saturated rings. The molecule has 0 aliphatic carbocycles.